The van der Waals surface area contributed by atoms with Crippen molar-refractivity contribution in [2.45, 2.75) is 19.8 Å². The van der Waals surface area contributed by atoms with E-state index in [1.165, 1.54) is 25.2 Å². The molecule has 0 aromatic carbocycles. The molecule has 92 valence electrons. The molecule has 1 fully saturated rings. The number of aromatic nitrogens is 2. The number of rotatable bonds is 5. The molecule has 2 rings (SSSR count). The number of nitrogens with one attached hydrogen (secondary N) is 1. The summed E-state index contributed by atoms with van der Waals surface area (Å²) in [7, 11) is 0. The molecule has 17 heavy (non-hydrogen) atoms. The molecule has 3 N–H and O–H groups in total. The summed E-state index contributed by atoms with van der Waals surface area (Å²) in [4.78, 5) is 22.0. The smallest absolute Gasteiger partial charge is 0.274 e. The molecule has 1 amide bonds. The summed E-state index contributed by atoms with van der Waals surface area (Å²) in [5, 5.41) is 0. The number of amides is 1. The minimum atomic E-state index is -0.0796. The van der Waals surface area contributed by atoms with Crippen molar-refractivity contribution < 1.29 is 4.79 Å². The SMILES string of the molecule is CCN(CC1CC1)C(=O)c1cncc(NN)n1. The van der Waals surface area contributed by atoms with Crippen LogP contribution in [0.15, 0.2) is 12.4 Å². The van der Waals surface area contributed by atoms with Crippen LogP contribution in [-0.4, -0.2) is 33.9 Å². The third-order valence-corrected chi connectivity index (χ3v) is 2.85. The normalized spacial score (nSPS) is 14.5. The highest BCUT2D eigenvalue weighted by Gasteiger charge is 2.27. The summed E-state index contributed by atoms with van der Waals surface area (Å²) in [6.45, 7) is 3.48. The van der Waals surface area contributed by atoms with Gasteiger partial charge in [-0.2, -0.15) is 0 Å². The molecule has 1 heterocycles. The molecule has 0 radical (unpaired) electrons. The molecule has 1 aliphatic rings. The Kier molecular flexibility index (Phi) is 3.53. The van der Waals surface area contributed by atoms with Gasteiger partial charge >= 0.3 is 0 Å². The fraction of sp³-hybridized carbons (Fsp3) is 0.545. The predicted octanol–water partition coefficient (Wildman–Crippen LogP) is 0.634. The van der Waals surface area contributed by atoms with Gasteiger partial charge in [0.25, 0.3) is 5.91 Å². The highest BCUT2D eigenvalue weighted by molar-refractivity contribution is 5.92. The van der Waals surface area contributed by atoms with Gasteiger partial charge in [0.1, 0.15) is 5.69 Å². The Labute approximate surface area is 100 Å². The first-order valence-electron chi connectivity index (χ1n) is 5.82. The number of carbonyl (C=O) groups is 1. The first-order valence-corrected chi connectivity index (χ1v) is 5.82. The van der Waals surface area contributed by atoms with E-state index in [0.29, 0.717) is 24.0 Å². The standard InChI is InChI=1S/C11H17N5O/c1-2-16(7-8-3-4-8)11(17)9-5-13-6-10(14-9)15-12/h5-6,8H,2-4,7,12H2,1H3,(H,14,15). The zero-order valence-electron chi connectivity index (χ0n) is 9.89. The van der Waals surface area contributed by atoms with Gasteiger partial charge in [-0.25, -0.2) is 10.8 Å². The molecule has 1 aromatic rings. The van der Waals surface area contributed by atoms with E-state index in [1.54, 1.807) is 0 Å². The van der Waals surface area contributed by atoms with Crippen molar-refractivity contribution in [3.05, 3.63) is 18.1 Å². The lowest BCUT2D eigenvalue weighted by Crippen LogP contribution is -2.33. The summed E-state index contributed by atoms with van der Waals surface area (Å²) < 4.78 is 0. The molecule has 1 aliphatic carbocycles. The number of hydrogen-bond donors (Lipinski definition) is 2. The van der Waals surface area contributed by atoms with Crippen molar-refractivity contribution in [1.82, 2.24) is 14.9 Å². The first kappa shape index (κ1) is 11.8. The molecule has 6 heteroatoms. The third kappa shape index (κ3) is 2.91. The Morgan fingerprint density at radius 3 is 2.94 bits per heavy atom. The number of hydrazine groups is 1. The molecule has 1 saturated carbocycles. The van der Waals surface area contributed by atoms with Crippen molar-refractivity contribution in [2.24, 2.45) is 11.8 Å². The summed E-state index contributed by atoms with van der Waals surface area (Å²) in [5.74, 6) is 6.23. The largest absolute Gasteiger partial charge is 0.337 e. The Morgan fingerprint density at radius 1 is 1.59 bits per heavy atom. The van der Waals surface area contributed by atoms with Gasteiger partial charge in [-0.1, -0.05) is 0 Å². The average molecular weight is 235 g/mol. The molecule has 0 atom stereocenters. The topological polar surface area (TPSA) is 84.1 Å². The van der Waals surface area contributed by atoms with E-state index in [0.717, 1.165) is 6.54 Å². The average Bonchev–Trinajstić information content (AvgIpc) is 3.19. The second-order valence-corrected chi connectivity index (χ2v) is 4.22. The summed E-state index contributed by atoms with van der Waals surface area (Å²) in [6.07, 6.45) is 5.40. The molecule has 1 aromatic heterocycles. The van der Waals surface area contributed by atoms with E-state index in [1.807, 2.05) is 11.8 Å². The second-order valence-electron chi connectivity index (χ2n) is 4.22. The van der Waals surface area contributed by atoms with Crippen LogP contribution in [0.25, 0.3) is 0 Å². The summed E-state index contributed by atoms with van der Waals surface area (Å²) >= 11 is 0. The first-order chi connectivity index (χ1) is 8.24. The van der Waals surface area contributed by atoms with Crippen LogP contribution in [0.2, 0.25) is 0 Å². The lowest BCUT2D eigenvalue weighted by molar-refractivity contribution is 0.0750. The molecule has 0 unspecified atom stereocenters. The van der Waals surface area contributed by atoms with Gasteiger partial charge in [-0.3, -0.25) is 9.78 Å². The van der Waals surface area contributed by atoms with E-state index in [9.17, 15) is 4.79 Å². The van der Waals surface area contributed by atoms with Gasteiger partial charge in [0, 0.05) is 13.1 Å². The van der Waals surface area contributed by atoms with Crippen molar-refractivity contribution in [1.29, 1.82) is 0 Å². The molecule has 0 aliphatic heterocycles. The van der Waals surface area contributed by atoms with Crippen LogP contribution in [0.1, 0.15) is 30.3 Å². The van der Waals surface area contributed by atoms with Crippen molar-refractivity contribution >= 4 is 11.7 Å². The zero-order valence-corrected chi connectivity index (χ0v) is 9.89. The van der Waals surface area contributed by atoms with Crippen LogP contribution in [0.3, 0.4) is 0 Å². The highest BCUT2D eigenvalue weighted by Crippen LogP contribution is 2.29. The van der Waals surface area contributed by atoms with E-state index in [4.69, 9.17) is 5.84 Å². The number of nitrogen functional groups attached to an aromatic ring is 1. The van der Waals surface area contributed by atoms with Gasteiger partial charge in [-0.05, 0) is 25.7 Å². The van der Waals surface area contributed by atoms with Gasteiger partial charge in [-0.15, -0.1) is 0 Å². The molecule has 6 nitrogen and oxygen atoms in total. The van der Waals surface area contributed by atoms with Gasteiger partial charge in [0.15, 0.2) is 5.82 Å². The highest BCUT2D eigenvalue weighted by atomic mass is 16.2. The zero-order chi connectivity index (χ0) is 12.3. The van der Waals surface area contributed by atoms with Crippen LogP contribution < -0.4 is 11.3 Å². The minimum absolute atomic E-state index is 0.0796. The number of anilines is 1. The summed E-state index contributed by atoms with van der Waals surface area (Å²) in [5.41, 5.74) is 2.72. The molecule has 0 saturated heterocycles. The quantitative estimate of drug-likeness (QED) is 0.577. The number of nitrogens with two attached hydrogens (primary N) is 1. The predicted molar refractivity (Wildman–Crippen MR) is 64.1 cm³/mol. The fourth-order valence-electron chi connectivity index (χ4n) is 1.67. The molecule has 0 spiro atoms. The van der Waals surface area contributed by atoms with Crippen molar-refractivity contribution in [3.63, 3.8) is 0 Å². The monoisotopic (exact) mass is 235 g/mol. The van der Waals surface area contributed by atoms with Crippen molar-refractivity contribution in [2.75, 3.05) is 18.5 Å². The number of carbonyl (C=O) groups excluding carboxylic acids is 1. The third-order valence-electron chi connectivity index (χ3n) is 2.85. The van der Waals surface area contributed by atoms with Gasteiger partial charge in [0.2, 0.25) is 0 Å². The Balaban J connectivity index is 2.09. The van der Waals surface area contributed by atoms with Crippen molar-refractivity contribution in [3.8, 4) is 0 Å². The van der Waals surface area contributed by atoms with E-state index < -0.39 is 0 Å². The van der Waals surface area contributed by atoms with Crippen LogP contribution in [0, 0.1) is 5.92 Å². The molecular formula is C11H17N5O. The number of nitrogens with zero attached hydrogens (tertiary/aromatic N) is 3. The van der Waals surface area contributed by atoms with Gasteiger partial charge in [0.05, 0.1) is 12.4 Å². The maximum atomic E-state index is 12.2. The lowest BCUT2D eigenvalue weighted by Gasteiger charge is -2.20. The van der Waals surface area contributed by atoms with Crippen LogP contribution in [0.5, 0.6) is 0 Å². The molecule has 0 bridgehead atoms. The fourth-order valence-corrected chi connectivity index (χ4v) is 1.67. The van der Waals surface area contributed by atoms with E-state index in [2.05, 4.69) is 15.4 Å². The maximum Gasteiger partial charge on any atom is 0.274 e. The molecular weight excluding hydrogens is 218 g/mol. The van der Waals surface area contributed by atoms with Crippen LogP contribution in [0.4, 0.5) is 5.82 Å². The lowest BCUT2D eigenvalue weighted by atomic mass is 10.3. The Bertz CT molecular complexity index is 405. The number of hydrogen-bond acceptors (Lipinski definition) is 5. The van der Waals surface area contributed by atoms with Gasteiger partial charge < -0.3 is 10.3 Å². The van der Waals surface area contributed by atoms with E-state index in [-0.39, 0.29) is 5.91 Å². The minimum Gasteiger partial charge on any atom is -0.337 e. The maximum absolute atomic E-state index is 12.2. The summed E-state index contributed by atoms with van der Waals surface area (Å²) in [6, 6.07) is 0. The Hall–Kier alpha value is -1.69. The second kappa shape index (κ2) is 5.09. The van der Waals surface area contributed by atoms with Crippen LogP contribution >= 0.6 is 0 Å². The van der Waals surface area contributed by atoms with E-state index >= 15 is 0 Å². The van der Waals surface area contributed by atoms with Crippen LogP contribution in [-0.2, 0) is 0 Å². The Morgan fingerprint density at radius 2 is 2.35 bits per heavy atom.